The number of rotatable bonds is 4. The van der Waals surface area contributed by atoms with Gasteiger partial charge < -0.3 is 18.6 Å². The van der Waals surface area contributed by atoms with Crippen molar-refractivity contribution in [1.82, 2.24) is 0 Å². The number of hydrogen-bond donors (Lipinski definition) is 0. The van der Waals surface area contributed by atoms with Crippen molar-refractivity contribution in [2.24, 2.45) is 0 Å². The van der Waals surface area contributed by atoms with E-state index in [1.807, 2.05) is 12.1 Å². The lowest BCUT2D eigenvalue weighted by atomic mass is 10.0. The maximum absolute atomic E-state index is 13.0. The summed E-state index contributed by atoms with van der Waals surface area (Å²) in [5, 5.41) is 0.424. The molecule has 6 heteroatoms. The number of benzene rings is 2. The molecule has 1 aromatic heterocycles. The first-order valence-corrected chi connectivity index (χ1v) is 9.12. The van der Waals surface area contributed by atoms with Crippen LogP contribution in [0.25, 0.3) is 22.1 Å². The fourth-order valence-electron chi connectivity index (χ4n) is 3.39. The maximum Gasteiger partial charge on any atom is 0.340 e. The summed E-state index contributed by atoms with van der Waals surface area (Å²) >= 11 is 0. The highest BCUT2D eigenvalue weighted by molar-refractivity contribution is 5.85. The average Bonchev–Trinajstić information content (AvgIpc) is 3.23. The Labute approximate surface area is 161 Å². The number of carbonyl (C=O) groups excluding carboxylic acids is 1. The Hall–Kier alpha value is -3.12. The van der Waals surface area contributed by atoms with Gasteiger partial charge in [0.15, 0.2) is 6.10 Å². The molecular formula is C22H20O6. The highest BCUT2D eigenvalue weighted by Crippen LogP contribution is 2.28. The lowest BCUT2D eigenvalue weighted by molar-refractivity contribution is -0.144. The molecule has 0 N–H and O–H groups in total. The minimum absolute atomic E-state index is 0.138. The zero-order chi connectivity index (χ0) is 19.7. The fraction of sp³-hybridized carbons (Fsp3) is 0.273. The lowest BCUT2D eigenvalue weighted by Gasteiger charge is -2.11. The number of aryl methyl sites for hydroxylation is 1. The molecule has 6 nitrogen and oxygen atoms in total. The van der Waals surface area contributed by atoms with Crippen molar-refractivity contribution in [1.29, 1.82) is 0 Å². The minimum atomic E-state index is -0.526. The molecule has 1 atom stereocenters. The predicted molar refractivity (Wildman–Crippen MR) is 104 cm³/mol. The average molecular weight is 380 g/mol. The number of esters is 1. The Morgan fingerprint density at radius 3 is 2.54 bits per heavy atom. The first-order chi connectivity index (χ1) is 13.6. The minimum Gasteiger partial charge on any atom is -0.497 e. The van der Waals surface area contributed by atoms with E-state index in [0.29, 0.717) is 46.8 Å². The molecule has 0 saturated carbocycles. The third kappa shape index (κ3) is 3.39. The summed E-state index contributed by atoms with van der Waals surface area (Å²) in [6, 6.07) is 12.0. The Kier molecular flexibility index (Phi) is 4.88. The van der Waals surface area contributed by atoms with Crippen LogP contribution >= 0.6 is 0 Å². The topological polar surface area (TPSA) is 75.0 Å². The van der Waals surface area contributed by atoms with Crippen LogP contribution in [0.4, 0.5) is 0 Å². The molecule has 0 amide bonds. The number of carbonyl (C=O) groups is 1. The number of fused-ring (bicyclic) bond motifs is 1. The molecule has 0 spiro atoms. The first-order valence-electron chi connectivity index (χ1n) is 9.12. The molecule has 0 radical (unpaired) electrons. The van der Waals surface area contributed by atoms with E-state index in [4.69, 9.17) is 18.6 Å². The van der Waals surface area contributed by atoms with Crippen LogP contribution in [0.5, 0.6) is 11.5 Å². The zero-order valence-electron chi connectivity index (χ0n) is 15.7. The molecule has 1 aliphatic rings. The predicted octanol–water partition coefficient (Wildman–Crippen LogP) is 3.86. The van der Waals surface area contributed by atoms with E-state index in [1.165, 1.54) is 0 Å². The van der Waals surface area contributed by atoms with Gasteiger partial charge in [0.2, 0.25) is 5.43 Å². The second-order valence-electron chi connectivity index (χ2n) is 6.67. The van der Waals surface area contributed by atoms with Gasteiger partial charge in [0, 0.05) is 12.7 Å². The summed E-state index contributed by atoms with van der Waals surface area (Å²) in [5.41, 5.74) is 1.49. The molecule has 1 saturated heterocycles. The summed E-state index contributed by atoms with van der Waals surface area (Å²) in [6.45, 7) is 2.31. The highest BCUT2D eigenvalue weighted by atomic mass is 16.6. The molecule has 1 fully saturated rings. The van der Waals surface area contributed by atoms with Gasteiger partial charge in [0.05, 0.1) is 18.1 Å². The summed E-state index contributed by atoms with van der Waals surface area (Å²) in [7, 11) is 1.59. The van der Waals surface area contributed by atoms with Crippen molar-refractivity contribution in [3.05, 3.63) is 58.4 Å². The number of methoxy groups -OCH3 is 1. The smallest absolute Gasteiger partial charge is 0.340 e. The van der Waals surface area contributed by atoms with E-state index in [-0.39, 0.29) is 5.43 Å². The van der Waals surface area contributed by atoms with Gasteiger partial charge in [0.1, 0.15) is 22.8 Å². The van der Waals surface area contributed by atoms with Gasteiger partial charge in [-0.3, -0.25) is 4.79 Å². The van der Waals surface area contributed by atoms with Gasteiger partial charge in [-0.15, -0.1) is 0 Å². The highest BCUT2D eigenvalue weighted by Gasteiger charge is 2.25. The van der Waals surface area contributed by atoms with Crippen molar-refractivity contribution in [3.63, 3.8) is 0 Å². The van der Waals surface area contributed by atoms with Gasteiger partial charge in [-0.05, 0) is 49.6 Å². The van der Waals surface area contributed by atoms with Crippen LogP contribution in [0.1, 0.15) is 18.6 Å². The van der Waals surface area contributed by atoms with E-state index < -0.39 is 12.1 Å². The quantitative estimate of drug-likeness (QED) is 0.505. The fourth-order valence-corrected chi connectivity index (χ4v) is 3.39. The SMILES string of the molecule is COc1ccc(-c2c(C)oc3cc(OC(=O)C4CCCO4)ccc3c2=O)cc1. The second-order valence-corrected chi connectivity index (χ2v) is 6.67. The van der Waals surface area contributed by atoms with E-state index in [2.05, 4.69) is 0 Å². The van der Waals surface area contributed by atoms with Crippen LogP contribution in [-0.4, -0.2) is 25.8 Å². The summed E-state index contributed by atoms with van der Waals surface area (Å²) in [5.74, 6) is 1.10. The Morgan fingerprint density at radius 1 is 1.11 bits per heavy atom. The van der Waals surface area contributed by atoms with Crippen LogP contribution in [0.2, 0.25) is 0 Å². The monoisotopic (exact) mass is 380 g/mol. The second kappa shape index (κ2) is 7.48. The van der Waals surface area contributed by atoms with Crippen LogP contribution in [0, 0.1) is 6.92 Å². The molecule has 3 aromatic rings. The van der Waals surface area contributed by atoms with Crippen LogP contribution < -0.4 is 14.9 Å². The van der Waals surface area contributed by atoms with Gasteiger partial charge >= 0.3 is 5.97 Å². The van der Waals surface area contributed by atoms with Gasteiger partial charge in [0.25, 0.3) is 0 Å². The molecule has 2 aromatic carbocycles. The zero-order valence-corrected chi connectivity index (χ0v) is 15.7. The van der Waals surface area contributed by atoms with Crippen molar-refractivity contribution in [2.75, 3.05) is 13.7 Å². The molecule has 4 rings (SSSR count). The third-order valence-electron chi connectivity index (χ3n) is 4.83. The largest absolute Gasteiger partial charge is 0.497 e. The van der Waals surface area contributed by atoms with E-state index in [0.717, 1.165) is 12.0 Å². The molecule has 1 unspecified atom stereocenters. The molecule has 2 heterocycles. The summed E-state index contributed by atoms with van der Waals surface area (Å²) < 4.78 is 21.8. The number of hydrogen-bond acceptors (Lipinski definition) is 6. The molecule has 0 bridgehead atoms. The molecule has 28 heavy (non-hydrogen) atoms. The summed E-state index contributed by atoms with van der Waals surface area (Å²) in [4.78, 5) is 25.2. The number of ether oxygens (including phenoxy) is 3. The maximum atomic E-state index is 13.0. The van der Waals surface area contributed by atoms with Crippen molar-refractivity contribution < 1.29 is 23.4 Å². The molecule has 0 aliphatic carbocycles. The van der Waals surface area contributed by atoms with Crippen molar-refractivity contribution >= 4 is 16.9 Å². The van der Waals surface area contributed by atoms with Gasteiger partial charge in [-0.2, -0.15) is 0 Å². The standard InChI is InChI=1S/C22H20O6/c1-13-20(14-5-7-15(25-2)8-6-14)21(23)17-10-9-16(12-19(17)27-13)28-22(24)18-4-3-11-26-18/h5-10,12,18H,3-4,11H2,1-2H3. The van der Waals surface area contributed by atoms with Gasteiger partial charge in [-0.25, -0.2) is 4.79 Å². The Bertz CT molecular complexity index is 1070. The van der Waals surface area contributed by atoms with Crippen LogP contribution in [0.15, 0.2) is 51.7 Å². The Balaban J connectivity index is 1.69. The normalized spacial score (nSPS) is 16.3. The van der Waals surface area contributed by atoms with Crippen LogP contribution in [-0.2, 0) is 9.53 Å². The Morgan fingerprint density at radius 2 is 1.86 bits per heavy atom. The van der Waals surface area contributed by atoms with Crippen molar-refractivity contribution in [3.8, 4) is 22.6 Å². The van der Waals surface area contributed by atoms with Gasteiger partial charge in [-0.1, -0.05) is 12.1 Å². The first kappa shape index (κ1) is 18.3. The lowest BCUT2D eigenvalue weighted by Crippen LogP contribution is -2.24. The molecular weight excluding hydrogens is 360 g/mol. The molecule has 144 valence electrons. The van der Waals surface area contributed by atoms with E-state index >= 15 is 0 Å². The molecule has 1 aliphatic heterocycles. The van der Waals surface area contributed by atoms with Crippen molar-refractivity contribution in [2.45, 2.75) is 25.9 Å². The van der Waals surface area contributed by atoms with E-state index in [1.54, 1.807) is 44.4 Å². The summed E-state index contributed by atoms with van der Waals surface area (Å²) in [6.07, 6.45) is 0.979. The van der Waals surface area contributed by atoms with Crippen LogP contribution in [0.3, 0.4) is 0 Å². The third-order valence-corrected chi connectivity index (χ3v) is 4.83. The van der Waals surface area contributed by atoms with E-state index in [9.17, 15) is 9.59 Å².